The Morgan fingerprint density at radius 3 is 2.73 bits per heavy atom. The molecule has 0 bridgehead atoms. The molecule has 1 aromatic heterocycles. The van der Waals surface area contributed by atoms with E-state index in [-0.39, 0.29) is 0 Å². The molecule has 0 spiro atoms. The molecule has 2 nitrogen and oxygen atoms in total. The maximum absolute atomic E-state index is 5.75. The highest BCUT2D eigenvalue weighted by atomic mass is 79.9. The lowest BCUT2D eigenvalue weighted by molar-refractivity contribution is 0.841. The number of benzene rings is 1. The van der Waals surface area contributed by atoms with Gasteiger partial charge in [-0.1, -0.05) is 35.8 Å². The molecule has 15 heavy (non-hydrogen) atoms. The molecule has 3 heteroatoms. The zero-order valence-electron chi connectivity index (χ0n) is 8.97. The van der Waals surface area contributed by atoms with Crippen LogP contribution >= 0.6 is 15.9 Å². The lowest BCUT2D eigenvalue weighted by Gasteiger charge is -2.06. The van der Waals surface area contributed by atoms with E-state index in [0.29, 0.717) is 12.5 Å². The highest BCUT2D eigenvalue weighted by Crippen LogP contribution is 2.30. The highest BCUT2D eigenvalue weighted by Gasteiger charge is 2.13. The number of halogens is 1. The van der Waals surface area contributed by atoms with Gasteiger partial charge < -0.3 is 10.7 Å². The monoisotopic (exact) mass is 266 g/mol. The molecule has 80 valence electrons. The van der Waals surface area contributed by atoms with Crippen molar-refractivity contribution in [2.45, 2.75) is 26.3 Å². The van der Waals surface area contributed by atoms with Crippen LogP contribution in [0.1, 0.15) is 31.0 Å². The molecule has 3 N–H and O–H groups in total. The van der Waals surface area contributed by atoms with E-state index in [1.807, 2.05) is 0 Å². The summed E-state index contributed by atoms with van der Waals surface area (Å²) in [5.41, 5.74) is 9.41. The topological polar surface area (TPSA) is 41.8 Å². The van der Waals surface area contributed by atoms with Gasteiger partial charge in [0.15, 0.2) is 0 Å². The van der Waals surface area contributed by atoms with Crippen LogP contribution in [-0.2, 0) is 6.54 Å². The van der Waals surface area contributed by atoms with E-state index in [2.05, 4.69) is 53.0 Å². The van der Waals surface area contributed by atoms with E-state index >= 15 is 0 Å². The Labute approximate surface area is 98.0 Å². The molecule has 0 aliphatic rings. The van der Waals surface area contributed by atoms with Crippen LogP contribution in [0.2, 0.25) is 0 Å². The molecule has 0 radical (unpaired) electrons. The van der Waals surface area contributed by atoms with E-state index in [9.17, 15) is 0 Å². The lowest BCUT2D eigenvalue weighted by atomic mass is 9.99. The van der Waals surface area contributed by atoms with Gasteiger partial charge in [-0.15, -0.1) is 0 Å². The van der Waals surface area contributed by atoms with Crippen molar-refractivity contribution in [3.05, 3.63) is 33.9 Å². The number of fused-ring (bicyclic) bond motifs is 1. The Morgan fingerprint density at radius 1 is 1.40 bits per heavy atom. The normalized spacial score (nSPS) is 11.5. The fraction of sp³-hybridized carbons (Fsp3) is 0.333. The van der Waals surface area contributed by atoms with Crippen LogP contribution in [-0.4, -0.2) is 4.98 Å². The van der Waals surface area contributed by atoms with E-state index in [1.54, 1.807) is 0 Å². The number of aromatic amines is 1. The molecule has 0 atom stereocenters. The quantitative estimate of drug-likeness (QED) is 0.858. The van der Waals surface area contributed by atoms with Crippen molar-refractivity contribution in [1.82, 2.24) is 4.98 Å². The highest BCUT2D eigenvalue weighted by molar-refractivity contribution is 9.10. The molecule has 1 heterocycles. The molecule has 0 unspecified atom stereocenters. The van der Waals surface area contributed by atoms with Crippen molar-refractivity contribution >= 4 is 26.8 Å². The molecule has 2 aromatic rings. The number of nitrogens with two attached hydrogens (primary N) is 1. The minimum absolute atomic E-state index is 0.499. The third-order valence-electron chi connectivity index (χ3n) is 2.66. The van der Waals surface area contributed by atoms with Crippen LogP contribution < -0.4 is 5.73 Å². The smallest absolute Gasteiger partial charge is 0.0470 e. The second-order valence-electron chi connectivity index (χ2n) is 4.07. The first-order chi connectivity index (χ1) is 7.13. The molecule has 1 aromatic carbocycles. The average molecular weight is 267 g/mol. The van der Waals surface area contributed by atoms with Crippen molar-refractivity contribution < 1.29 is 0 Å². The number of hydrogen-bond acceptors (Lipinski definition) is 1. The van der Waals surface area contributed by atoms with Gasteiger partial charge in [0.25, 0.3) is 0 Å². The number of aromatic nitrogens is 1. The summed E-state index contributed by atoms with van der Waals surface area (Å²) in [6, 6.07) is 6.31. The predicted octanol–water partition coefficient (Wildman–Crippen LogP) is 3.51. The zero-order valence-corrected chi connectivity index (χ0v) is 10.6. The van der Waals surface area contributed by atoms with Crippen LogP contribution in [0.15, 0.2) is 22.7 Å². The second kappa shape index (κ2) is 3.99. The van der Waals surface area contributed by atoms with Gasteiger partial charge in [-0.25, -0.2) is 0 Å². The molecule has 0 amide bonds. The van der Waals surface area contributed by atoms with Gasteiger partial charge in [0.1, 0.15) is 0 Å². The molecular weight excluding hydrogens is 252 g/mol. The SMILES string of the molecule is CC(C)c1c(CN)[nH]c2cc(Br)ccc12. The first-order valence-electron chi connectivity index (χ1n) is 5.13. The largest absolute Gasteiger partial charge is 0.357 e. The first-order valence-corrected chi connectivity index (χ1v) is 5.93. The van der Waals surface area contributed by atoms with E-state index in [4.69, 9.17) is 5.73 Å². The Morgan fingerprint density at radius 2 is 2.13 bits per heavy atom. The first kappa shape index (κ1) is 10.7. The van der Waals surface area contributed by atoms with Crippen molar-refractivity contribution in [2.24, 2.45) is 5.73 Å². The summed E-state index contributed by atoms with van der Waals surface area (Å²) in [5.74, 6) is 0.499. The van der Waals surface area contributed by atoms with Gasteiger partial charge in [-0.2, -0.15) is 0 Å². The standard InChI is InChI=1S/C12H15BrN2/c1-7(2)12-9-4-3-8(13)5-10(9)15-11(12)6-14/h3-5,7,15H,6,14H2,1-2H3. The van der Waals surface area contributed by atoms with Gasteiger partial charge in [-0.3, -0.25) is 0 Å². The minimum atomic E-state index is 0.499. The van der Waals surface area contributed by atoms with E-state index in [0.717, 1.165) is 15.7 Å². The Hall–Kier alpha value is -0.800. The van der Waals surface area contributed by atoms with Gasteiger partial charge in [0.05, 0.1) is 0 Å². The summed E-state index contributed by atoms with van der Waals surface area (Å²) in [6.07, 6.45) is 0. The third kappa shape index (κ3) is 1.82. The third-order valence-corrected chi connectivity index (χ3v) is 3.16. The molecule has 0 aliphatic carbocycles. The van der Waals surface area contributed by atoms with Crippen LogP contribution in [0.4, 0.5) is 0 Å². The van der Waals surface area contributed by atoms with Crippen LogP contribution in [0.5, 0.6) is 0 Å². The molecule has 2 rings (SSSR count). The minimum Gasteiger partial charge on any atom is -0.357 e. The van der Waals surface area contributed by atoms with Crippen molar-refractivity contribution in [1.29, 1.82) is 0 Å². The molecule has 0 fully saturated rings. The van der Waals surface area contributed by atoms with E-state index in [1.165, 1.54) is 10.9 Å². The average Bonchev–Trinajstić information content (AvgIpc) is 2.54. The summed E-state index contributed by atoms with van der Waals surface area (Å²) in [7, 11) is 0. The summed E-state index contributed by atoms with van der Waals surface area (Å²) in [6.45, 7) is 4.97. The summed E-state index contributed by atoms with van der Waals surface area (Å²) in [4.78, 5) is 3.38. The molecule has 0 saturated heterocycles. The maximum Gasteiger partial charge on any atom is 0.0470 e. The zero-order chi connectivity index (χ0) is 11.0. The predicted molar refractivity (Wildman–Crippen MR) is 68.0 cm³/mol. The van der Waals surface area contributed by atoms with E-state index < -0.39 is 0 Å². The Bertz CT molecular complexity index is 486. The molecular formula is C12H15BrN2. The van der Waals surface area contributed by atoms with Crippen LogP contribution in [0.3, 0.4) is 0 Å². The van der Waals surface area contributed by atoms with Gasteiger partial charge >= 0.3 is 0 Å². The van der Waals surface area contributed by atoms with Crippen LogP contribution in [0.25, 0.3) is 10.9 Å². The van der Waals surface area contributed by atoms with Gasteiger partial charge in [-0.05, 0) is 23.6 Å². The van der Waals surface area contributed by atoms with Gasteiger partial charge in [0.2, 0.25) is 0 Å². The summed E-state index contributed by atoms with van der Waals surface area (Å²) < 4.78 is 1.09. The van der Waals surface area contributed by atoms with Crippen molar-refractivity contribution in [3.8, 4) is 0 Å². The lowest BCUT2D eigenvalue weighted by Crippen LogP contribution is -2.01. The summed E-state index contributed by atoms with van der Waals surface area (Å²) >= 11 is 3.47. The summed E-state index contributed by atoms with van der Waals surface area (Å²) in [5, 5.41) is 1.29. The Balaban J connectivity index is 2.74. The second-order valence-corrected chi connectivity index (χ2v) is 4.98. The Kier molecular flexibility index (Phi) is 2.85. The fourth-order valence-corrected chi connectivity index (χ4v) is 2.43. The number of nitrogens with one attached hydrogen (secondary N) is 1. The van der Waals surface area contributed by atoms with Crippen LogP contribution in [0, 0.1) is 0 Å². The fourth-order valence-electron chi connectivity index (χ4n) is 2.07. The molecule has 0 aliphatic heterocycles. The number of hydrogen-bond donors (Lipinski definition) is 2. The molecule has 0 saturated carbocycles. The maximum atomic E-state index is 5.75. The van der Waals surface area contributed by atoms with Gasteiger partial charge in [0, 0.05) is 27.6 Å². The van der Waals surface area contributed by atoms with Crippen molar-refractivity contribution in [2.75, 3.05) is 0 Å². The van der Waals surface area contributed by atoms with Crippen molar-refractivity contribution in [3.63, 3.8) is 0 Å². The number of rotatable bonds is 2. The number of H-pyrrole nitrogens is 1.